The first kappa shape index (κ1) is 18.4. The van der Waals surface area contributed by atoms with Crippen LogP contribution in [0.3, 0.4) is 0 Å². The molecule has 0 saturated heterocycles. The number of nitrogens with one attached hydrogen (secondary N) is 2. The second-order valence-electron chi connectivity index (χ2n) is 7.67. The van der Waals surface area contributed by atoms with E-state index in [2.05, 4.69) is 60.2 Å². The van der Waals surface area contributed by atoms with Gasteiger partial charge >= 0.3 is 0 Å². The van der Waals surface area contributed by atoms with Gasteiger partial charge in [0, 0.05) is 45.0 Å². The SMILES string of the molecule is CCc1ccc(C(=C2c3ccccc3C(=O)c3ccccc32)c2ccc(CC)[nH]2)[nH]1. The first-order valence-electron chi connectivity index (χ1n) is 10.6. The maximum atomic E-state index is 13.2. The molecule has 2 aromatic carbocycles. The molecule has 5 rings (SSSR count). The van der Waals surface area contributed by atoms with Crippen molar-refractivity contribution in [2.24, 2.45) is 0 Å². The fourth-order valence-electron chi connectivity index (χ4n) is 4.36. The molecular weight excluding hydrogens is 368 g/mol. The molecular formula is C27H24N2O. The lowest BCUT2D eigenvalue weighted by atomic mass is 9.78. The molecule has 1 aliphatic carbocycles. The lowest BCUT2D eigenvalue weighted by Gasteiger charge is -2.24. The third kappa shape index (κ3) is 2.86. The highest BCUT2D eigenvalue weighted by Crippen LogP contribution is 2.42. The number of carbonyl (C=O) groups excluding carboxylic acids is 1. The molecule has 148 valence electrons. The van der Waals surface area contributed by atoms with Crippen LogP contribution in [0.2, 0.25) is 0 Å². The Hall–Kier alpha value is -3.59. The van der Waals surface area contributed by atoms with E-state index in [1.54, 1.807) is 0 Å². The Morgan fingerprint density at radius 3 is 1.47 bits per heavy atom. The second kappa shape index (κ2) is 7.34. The number of hydrogen-bond acceptors (Lipinski definition) is 1. The number of H-pyrrole nitrogens is 2. The Labute approximate surface area is 176 Å². The number of rotatable bonds is 4. The Balaban J connectivity index is 1.90. The summed E-state index contributed by atoms with van der Waals surface area (Å²) < 4.78 is 0. The van der Waals surface area contributed by atoms with Crippen molar-refractivity contribution in [3.8, 4) is 0 Å². The minimum absolute atomic E-state index is 0.0887. The summed E-state index contributed by atoms with van der Waals surface area (Å²) >= 11 is 0. The summed E-state index contributed by atoms with van der Waals surface area (Å²) in [6, 6.07) is 24.5. The average molecular weight is 393 g/mol. The van der Waals surface area contributed by atoms with Crippen LogP contribution in [0.25, 0.3) is 11.1 Å². The number of aromatic amines is 2. The van der Waals surface area contributed by atoms with E-state index in [4.69, 9.17) is 0 Å². The monoisotopic (exact) mass is 392 g/mol. The molecule has 2 aromatic heterocycles. The van der Waals surface area contributed by atoms with Gasteiger partial charge < -0.3 is 9.97 Å². The highest BCUT2D eigenvalue weighted by atomic mass is 16.1. The number of carbonyl (C=O) groups is 1. The zero-order valence-electron chi connectivity index (χ0n) is 17.3. The maximum absolute atomic E-state index is 13.2. The largest absolute Gasteiger partial charge is 0.358 e. The zero-order valence-corrected chi connectivity index (χ0v) is 17.3. The number of fused-ring (bicyclic) bond motifs is 2. The van der Waals surface area contributed by atoms with Crippen molar-refractivity contribution in [1.82, 2.24) is 9.97 Å². The van der Waals surface area contributed by atoms with Crippen molar-refractivity contribution in [1.29, 1.82) is 0 Å². The molecule has 0 amide bonds. The van der Waals surface area contributed by atoms with Crippen LogP contribution in [0.5, 0.6) is 0 Å². The predicted octanol–water partition coefficient (Wildman–Crippen LogP) is 6.02. The van der Waals surface area contributed by atoms with Crippen LogP contribution < -0.4 is 0 Å². The zero-order chi connectivity index (χ0) is 20.7. The molecule has 0 aliphatic heterocycles. The molecule has 2 heterocycles. The van der Waals surface area contributed by atoms with Crippen LogP contribution in [-0.2, 0) is 12.8 Å². The first-order chi connectivity index (χ1) is 14.7. The summed E-state index contributed by atoms with van der Waals surface area (Å²) in [5.74, 6) is 0.0887. The van der Waals surface area contributed by atoms with E-state index in [0.717, 1.165) is 57.6 Å². The van der Waals surface area contributed by atoms with Crippen LogP contribution in [0.4, 0.5) is 0 Å². The summed E-state index contributed by atoms with van der Waals surface area (Å²) in [6.45, 7) is 4.30. The number of aryl methyl sites for hydroxylation is 2. The Morgan fingerprint density at radius 2 is 1.07 bits per heavy atom. The molecule has 30 heavy (non-hydrogen) atoms. The Kier molecular flexibility index (Phi) is 4.51. The van der Waals surface area contributed by atoms with Gasteiger partial charge in [0.25, 0.3) is 0 Å². The van der Waals surface area contributed by atoms with Gasteiger partial charge in [-0.2, -0.15) is 0 Å². The molecule has 0 saturated carbocycles. The van der Waals surface area contributed by atoms with Crippen LogP contribution >= 0.6 is 0 Å². The van der Waals surface area contributed by atoms with Crippen LogP contribution in [0, 0.1) is 0 Å². The molecule has 0 radical (unpaired) electrons. The fourth-order valence-corrected chi connectivity index (χ4v) is 4.36. The molecule has 3 heteroatoms. The van der Waals surface area contributed by atoms with Gasteiger partial charge in [-0.15, -0.1) is 0 Å². The quantitative estimate of drug-likeness (QED) is 0.386. The first-order valence-corrected chi connectivity index (χ1v) is 10.6. The lowest BCUT2D eigenvalue weighted by Crippen LogP contribution is -2.15. The third-order valence-corrected chi connectivity index (χ3v) is 5.93. The Morgan fingerprint density at radius 1 is 0.633 bits per heavy atom. The molecule has 0 atom stereocenters. The van der Waals surface area contributed by atoms with Gasteiger partial charge in [-0.1, -0.05) is 62.4 Å². The maximum Gasteiger partial charge on any atom is 0.194 e. The molecule has 0 unspecified atom stereocenters. The minimum atomic E-state index is 0.0887. The van der Waals surface area contributed by atoms with Crippen molar-refractivity contribution in [2.45, 2.75) is 26.7 Å². The van der Waals surface area contributed by atoms with Crippen LogP contribution in [0.15, 0.2) is 72.8 Å². The topological polar surface area (TPSA) is 48.6 Å². The van der Waals surface area contributed by atoms with Crippen molar-refractivity contribution in [2.75, 3.05) is 0 Å². The summed E-state index contributed by atoms with van der Waals surface area (Å²) in [4.78, 5) is 20.4. The van der Waals surface area contributed by atoms with E-state index in [1.165, 1.54) is 11.4 Å². The summed E-state index contributed by atoms with van der Waals surface area (Å²) in [5.41, 5.74) is 10.2. The van der Waals surface area contributed by atoms with Crippen LogP contribution in [0.1, 0.15) is 63.7 Å². The van der Waals surface area contributed by atoms with E-state index in [0.29, 0.717) is 0 Å². The highest BCUT2D eigenvalue weighted by Gasteiger charge is 2.30. The fraction of sp³-hybridized carbons (Fsp3) is 0.148. The Bertz CT molecular complexity index is 1190. The third-order valence-electron chi connectivity index (χ3n) is 5.93. The van der Waals surface area contributed by atoms with Gasteiger partial charge in [0.05, 0.1) is 0 Å². The van der Waals surface area contributed by atoms with Crippen molar-refractivity contribution < 1.29 is 4.79 Å². The predicted molar refractivity (Wildman–Crippen MR) is 122 cm³/mol. The molecule has 0 fully saturated rings. The summed E-state index contributed by atoms with van der Waals surface area (Å²) in [7, 11) is 0. The molecule has 2 N–H and O–H groups in total. The van der Waals surface area contributed by atoms with Gasteiger partial charge in [0.1, 0.15) is 0 Å². The molecule has 0 spiro atoms. The van der Waals surface area contributed by atoms with E-state index in [1.807, 2.05) is 36.4 Å². The van der Waals surface area contributed by atoms with E-state index < -0.39 is 0 Å². The van der Waals surface area contributed by atoms with Crippen LogP contribution in [-0.4, -0.2) is 15.8 Å². The van der Waals surface area contributed by atoms with Crippen molar-refractivity contribution >= 4 is 16.9 Å². The molecule has 4 aromatic rings. The summed E-state index contributed by atoms with van der Waals surface area (Å²) in [6.07, 6.45) is 1.89. The van der Waals surface area contributed by atoms with Gasteiger partial charge in [0.15, 0.2) is 5.78 Å². The smallest absolute Gasteiger partial charge is 0.194 e. The van der Waals surface area contributed by atoms with Gasteiger partial charge in [-0.25, -0.2) is 0 Å². The summed E-state index contributed by atoms with van der Waals surface area (Å²) in [5, 5.41) is 0. The number of hydrogen-bond donors (Lipinski definition) is 2. The number of benzene rings is 2. The normalized spacial score (nSPS) is 12.6. The standard InChI is InChI=1S/C27H24N2O/c1-3-17-13-15-23(28-17)26(24-16-14-18(4-2)29-24)25-19-9-5-7-11-21(19)27(30)22-12-8-6-10-20(22)25/h5-16,28-29H,3-4H2,1-2H3. The second-order valence-corrected chi connectivity index (χ2v) is 7.67. The van der Waals surface area contributed by atoms with Crippen molar-refractivity contribution in [3.05, 3.63) is 118 Å². The van der Waals surface area contributed by atoms with E-state index in [9.17, 15) is 4.79 Å². The number of ketones is 1. The highest BCUT2D eigenvalue weighted by molar-refractivity contribution is 6.22. The van der Waals surface area contributed by atoms with E-state index in [-0.39, 0.29) is 5.78 Å². The van der Waals surface area contributed by atoms with Gasteiger partial charge in [-0.3, -0.25) is 4.79 Å². The molecule has 3 nitrogen and oxygen atoms in total. The van der Waals surface area contributed by atoms with Gasteiger partial charge in [0.2, 0.25) is 0 Å². The van der Waals surface area contributed by atoms with Gasteiger partial charge in [-0.05, 0) is 48.2 Å². The minimum Gasteiger partial charge on any atom is -0.358 e. The molecule has 1 aliphatic rings. The van der Waals surface area contributed by atoms with Crippen molar-refractivity contribution in [3.63, 3.8) is 0 Å². The van der Waals surface area contributed by atoms with E-state index >= 15 is 0 Å². The average Bonchev–Trinajstić information content (AvgIpc) is 3.46. The number of aromatic nitrogens is 2. The lowest BCUT2D eigenvalue weighted by molar-refractivity contribution is 0.103. The molecule has 0 bridgehead atoms.